The van der Waals surface area contributed by atoms with Gasteiger partial charge in [-0.25, -0.2) is 0 Å². The minimum absolute atomic E-state index is 0.563. The summed E-state index contributed by atoms with van der Waals surface area (Å²) in [6.07, 6.45) is 0. The maximum absolute atomic E-state index is 7.43. The maximum atomic E-state index is 7.43. The van der Waals surface area contributed by atoms with Crippen LogP contribution in [0.3, 0.4) is 0 Å². The van der Waals surface area contributed by atoms with E-state index >= 15 is 0 Å². The molecular formula is C8H9IN2. The van der Waals surface area contributed by atoms with Gasteiger partial charge < -0.3 is 5.32 Å². The first-order valence-electron chi connectivity index (χ1n) is 3.27. The fourth-order valence-electron chi connectivity index (χ4n) is 0.893. The van der Waals surface area contributed by atoms with Crippen LogP contribution in [0, 0.1) is 5.41 Å². The van der Waals surface area contributed by atoms with Crippen LogP contribution in [0.5, 0.6) is 0 Å². The van der Waals surface area contributed by atoms with Gasteiger partial charge in [0.1, 0.15) is 3.72 Å². The summed E-state index contributed by atoms with van der Waals surface area (Å²) in [5.41, 5.74) is 1.96. The highest BCUT2D eigenvalue weighted by atomic mass is 127. The summed E-state index contributed by atoms with van der Waals surface area (Å²) in [6, 6.07) is 7.78. The van der Waals surface area contributed by atoms with Crippen molar-refractivity contribution in [2.75, 3.05) is 12.4 Å². The number of nitrogens with one attached hydrogen (secondary N) is 2. The number of benzene rings is 1. The van der Waals surface area contributed by atoms with Crippen LogP contribution in [0.25, 0.3) is 0 Å². The molecule has 1 rings (SSSR count). The van der Waals surface area contributed by atoms with Gasteiger partial charge in [-0.3, -0.25) is 5.41 Å². The minimum Gasteiger partial charge on any atom is -0.388 e. The Kier molecular flexibility index (Phi) is 2.87. The van der Waals surface area contributed by atoms with Gasteiger partial charge in [0, 0.05) is 18.3 Å². The topological polar surface area (TPSA) is 35.9 Å². The molecule has 3 heteroatoms. The van der Waals surface area contributed by atoms with E-state index in [9.17, 15) is 0 Å². The zero-order valence-corrected chi connectivity index (χ0v) is 8.34. The van der Waals surface area contributed by atoms with E-state index in [2.05, 4.69) is 5.32 Å². The lowest BCUT2D eigenvalue weighted by molar-refractivity contribution is 1.47. The molecule has 0 aliphatic carbocycles. The van der Waals surface area contributed by atoms with Crippen LogP contribution < -0.4 is 5.32 Å². The van der Waals surface area contributed by atoms with Crippen LogP contribution in [0.4, 0.5) is 5.69 Å². The van der Waals surface area contributed by atoms with Crippen molar-refractivity contribution in [3.05, 3.63) is 29.8 Å². The molecule has 0 saturated carbocycles. The van der Waals surface area contributed by atoms with Gasteiger partial charge in [-0.05, 0) is 28.7 Å². The lowest BCUT2D eigenvalue weighted by Gasteiger charge is -2.04. The third kappa shape index (κ3) is 1.92. The zero-order valence-electron chi connectivity index (χ0n) is 6.19. The molecule has 0 unspecified atom stereocenters. The summed E-state index contributed by atoms with van der Waals surface area (Å²) in [5.74, 6) is 0. The van der Waals surface area contributed by atoms with E-state index in [1.165, 1.54) is 0 Å². The van der Waals surface area contributed by atoms with Gasteiger partial charge >= 0.3 is 0 Å². The van der Waals surface area contributed by atoms with Gasteiger partial charge in [-0.1, -0.05) is 18.2 Å². The lowest BCUT2D eigenvalue weighted by atomic mass is 10.2. The van der Waals surface area contributed by atoms with Gasteiger partial charge in [-0.15, -0.1) is 0 Å². The molecule has 58 valence electrons. The first-order valence-corrected chi connectivity index (χ1v) is 4.35. The van der Waals surface area contributed by atoms with Gasteiger partial charge in [0.05, 0.1) is 0 Å². The van der Waals surface area contributed by atoms with Gasteiger partial charge in [0.25, 0.3) is 0 Å². The van der Waals surface area contributed by atoms with Crippen molar-refractivity contribution in [1.82, 2.24) is 0 Å². The molecule has 0 bridgehead atoms. The Balaban J connectivity index is 3.12. The van der Waals surface area contributed by atoms with Crippen molar-refractivity contribution in [3.8, 4) is 0 Å². The Morgan fingerprint density at radius 1 is 1.45 bits per heavy atom. The predicted molar refractivity (Wildman–Crippen MR) is 56.8 cm³/mol. The Morgan fingerprint density at radius 2 is 2.09 bits per heavy atom. The van der Waals surface area contributed by atoms with Crippen LogP contribution >= 0.6 is 22.6 Å². The predicted octanol–water partition coefficient (Wildman–Crippen LogP) is 2.49. The molecule has 0 fully saturated rings. The summed E-state index contributed by atoms with van der Waals surface area (Å²) in [4.78, 5) is 0. The number of para-hydroxylation sites is 1. The molecule has 0 aromatic heterocycles. The molecule has 1 aromatic rings. The van der Waals surface area contributed by atoms with Gasteiger partial charge in [-0.2, -0.15) is 0 Å². The molecule has 2 nitrogen and oxygen atoms in total. The Morgan fingerprint density at radius 3 is 2.55 bits per heavy atom. The zero-order chi connectivity index (χ0) is 8.27. The van der Waals surface area contributed by atoms with E-state index in [-0.39, 0.29) is 0 Å². The minimum atomic E-state index is 0.563. The van der Waals surface area contributed by atoms with Crippen molar-refractivity contribution < 1.29 is 0 Å². The molecule has 11 heavy (non-hydrogen) atoms. The second-order valence-electron chi connectivity index (χ2n) is 2.11. The molecule has 0 spiro atoms. The van der Waals surface area contributed by atoms with Crippen LogP contribution in [-0.4, -0.2) is 10.8 Å². The first kappa shape index (κ1) is 8.52. The molecule has 0 saturated heterocycles. The third-order valence-corrected chi connectivity index (χ3v) is 2.01. The molecular weight excluding hydrogens is 251 g/mol. The summed E-state index contributed by atoms with van der Waals surface area (Å²) in [7, 11) is 1.86. The Hall–Kier alpha value is -0.580. The van der Waals surface area contributed by atoms with E-state index in [0.29, 0.717) is 3.72 Å². The molecule has 0 amide bonds. The normalized spacial score (nSPS) is 9.27. The summed E-state index contributed by atoms with van der Waals surface area (Å²) in [5, 5.41) is 10.5. The van der Waals surface area contributed by atoms with E-state index in [0.717, 1.165) is 11.3 Å². The fourth-order valence-corrected chi connectivity index (χ4v) is 1.36. The maximum Gasteiger partial charge on any atom is 0.101 e. The van der Waals surface area contributed by atoms with E-state index in [1.807, 2.05) is 53.9 Å². The highest BCUT2D eigenvalue weighted by molar-refractivity contribution is 14.1. The molecule has 0 heterocycles. The highest BCUT2D eigenvalue weighted by Crippen LogP contribution is 2.16. The monoisotopic (exact) mass is 260 g/mol. The quantitative estimate of drug-likeness (QED) is 0.622. The Labute approximate surface area is 79.7 Å². The summed E-state index contributed by atoms with van der Waals surface area (Å²) < 4.78 is 0.563. The van der Waals surface area contributed by atoms with E-state index in [1.54, 1.807) is 0 Å². The molecule has 0 aliphatic heterocycles. The van der Waals surface area contributed by atoms with Crippen LogP contribution in [-0.2, 0) is 0 Å². The number of hydrogen-bond donors (Lipinski definition) is 2. The highest BCUT2D eigenvalue weighted by Gasteiger charge is 2.00. The molecule has 1 aromatic carbocycles. The van der Waals surface area contributed by atoms with Crippen LogP contribution in [0.15, 0.2) is 24.3 Å². The van der Waals surface area contributed by atoms with Crippen molar-refractivity contribution in [3.63, 3.8) is 0 Å². The summed E-state index contributed by atoms with van der Waals surface area (Å²) in [6.45, 7) is 0. The average molecular weight is 260 g/mol. The van der Waals surface area contributed by atoms with E-state index < -0.39 is 0 Å². The molecule has 0 atom stereocenters. The second-order valence-corrected chi connectivity index (χ2v) is 3.19. The largest absolute Gasteiger partial charge is 0.388 e. The average Bonchev–Trinajstić information content (AvgIpc) is 2.04. The third-order valence-electron chi connectivity index (χ3n) is 1.43. The van der Waals surface area contributed by atoms with E-state index in [4.69, 9.17) is 5.41 Å². The summed E-state index contributed by atoms with van der Waals surface area (Å²) >= 11 is 2.00. The van der Waals surface area contributed by atoms with Crippen molar-refractivity contribution in [2.45, 2.75) is 0 Å². The first-order chi connectivity index (χ1) is 5.25. The molecule has 0 aliphatic rings. The Bertz CT molecular complexity index is 271. The second kappa shape index (κ2) is 3.71. The van der Waals surface area contributed by atoms with Crippen molar-refractivity contribution in [2.24, 2.45) is 0 Å². The number of halogens is 1. The van der Waals surface area contributed by atoms with Crippen molar-refractivity contribution >= 4 is 32.0 Å². The van der Waals surface area contributed by atoms with Gasteiger partial charge in [0.15, 0.2) is 0 Å². The molecule has 2 N–H and O–H groups in total. The standard InChI is InChI=1S/C8H9IN2/c1-11-7-5-3-2-4-6(7)8(9)10/h2-5,10-11H,1H3. The smallest absolute Gasteiger partial charge is 0.101 e. The van der Waals surface area contributed by atoms with Crippen LogP contribution in [0.2, 0.25) is 0 Å². The lowest BCUT2D eigenvalue weighted by Crippen LogP contribution is -1.96. The number of hydrogen-bond acceptors (Lipinski definition) is 2. The SMILES string of the molecule is CNc1ccccc1C(=N)I. The number of rotatable bonds is 2. The van der Waals surface area contributed by atoms with Crippen LogP contribution in [0.1, 0.15) is 5.56 Å². The molecule has 0 radical (unpaired) electrons. The fraction of sp³-hybridized carbons (Fsp3) is 0.125. The number of anilines is 1. The van der Waals surface area contributed by atoms with Gasteiger partial charge in [0.2, 0.25) is 0 Å². The van der Waals surface area contributed by atoms with Crippen molar-refractivity contribution in [1.29, 1.82) is 5.41 Å².